The molecule has 0 heterocycles. The Balaban J connectivity index is 2.70. The highest BCUT2D eigenvalue weighted by Crippen LogP contribution is 2.20. The van der Waals surface area contributed by atoms with Gasteiger partial charge in [-0.3, -0.25) is 11.2 Å². The molecule has 0 fully saturated rings. The van der Waals surface area contributed by atoms with Crippen molar-refractivity contribution in [3.63, 3.8) is 0 Å². The Kier molecular flexibility index (Phi) is 3.73. The summed E-state index contributed by atoms with van der Waals surface area (Å²) in [5.74, 6) is 5.31. The summed E-state index contributed by atoms with van der Waals surface area (Å²) >= 11 is 0. The monoisotopic (exact) mass is 223 g/mol. The summed E-state index contributed by atoms with van der Waals surface area (Å²) < 4.78 is 5.12. The van der Waals surface area contributed by atoms with Gasteiger partial charge >= 0.3 is 6.09 Å². The SMILES string of the molecule is CC(C)(C)OC(=O)Nc1ccccc1NN. The maximum absolute atomic E-state index is 11.5. The summed E-state index contributed by atoms with van der Waals surface area (Å²) in [5, 5.41) is 2.61. The van der Waals surface area contributed by atoms with Gasteiger partial charge in [-0.15, -0.1) is 0 Å². The van der Waals surface area contributed by atoms with Gasteiger partial charge in [0.05, 0.1) is 11.4 Å². The van der Waals surface area contributed by atoms with Crippen molar-refractivity contribution in [2.24, 2.45) is 5.84 Å². The first-order valence-corrected chi connectivity index (χ1v) is 4.98. The van der Waals surface area contributed by atoms with E-state index in [0.717, 1.165) is 0 Å². The van der Waals surface area contributed by atoms with Gasteiger partial charge in [-0.25, -0.2) is 4.79 Å². The topological polar surface area (TPSA) is 76.4 Å². The van der Waals surface area contributed by atoms with Crippen LogP contribution in [0.15, 0.2) is 24.3 Å². The van der Waals surface area contributed by atoms with E-state index >= 15 is 0 Å². The van der Waals surface area contributed by atoms with Crippen molar-refractivity contribution in [2.75, 3.05) is 10.7 Å². The number of carbonyl (C=O) groups excluding carboxylic acids is 1. The van der Waals surface area contributed by atoms with Crippen LogP contribution in [-0.4, -0.2) is 11.7 Å². The summed E-state index contributed by atoms with van der Waals surface area (Å²) in [5.41, 5.74) is 3.19. The third kappa shape index (κ3) is 3.78. The highest BCUT2D eigenvalue weighted by Gasteiger charge is 2.16. The fraction of sp³-hybridized carbons (Fsp3) is 0.364. The largest absolute Gasteiger partial charge is 0.444 e. The zero-order chi connectivity index (χ0) is 12.2. The normalized spacial score (nSPS) is 10.8. The summed E-state index contributed by atoms with van der Waals surface area (Å²) in [6.45, 7) is 5.42. The van der Waals surface area contributed by atoms with Gasteiger partial charge in [-0.2, -0.15) is 0 Å². The van der Waals surface area contributed by atoms with Crippen LogP contribution in [0.4, 0.5) is 16.2 Å². The van der Waals surface area contributed by atoms with Crippen LogP contribution in [-0.2, 0) is 4.74 Å². The van der Waals surface area contributed by atoms with E-state index in [-0.39, 0.29) is 0 Å². The molecule has 0 aliphatic rings. The third-order valence-electron chi connectivity index (χ3n) is 1.72. The van der Waals surface area contributed by atoms with Crippen molar-refractivity contribution in [2.45, 2.75) is 26.4 Å². The molecule has 0 aliphatic heterocycles. The van der Waals surface area contributed by atoms with Crippen LogP contribution in [0.25, 0.3) is 0 Å². The van der Waals surface area contributed by atoms with E-state index in [9.17, 15) is 4.79 Å². The van der Waals surface area contributed by atoms with Gasteiger partial charge in [0.15, 0.2) is 0 Å². The quantitative estimate of drug-likeness (QED) is 0.531. The molecular weight excluding hydrogens is 206 g/mol. The molecule has 1 rings (SSSR count). The molecule has 0 bridgehead atoms. The fourth-order valence-electron chi connectivity index (χ4n) is 1.13. The Hall–Kier alpha value is -1.75. The van der Waals surface area contributed by atoms with Gasteiger partial charge in [0.1, 0.15) is 5.60 Å². The summed E-state index contributed by atoms with van der Waals surface area (Å²) in [6, 6.07) is 7.11. The minimum absolute atomic E-state index is 0.504. The van der Waals surface area contributed by atoms with Crippen LogP contribution in [0.3, 0.4) is 0 Å². The number of para-hydroxylation sites is 2. The fourth-order valence-corrected chi connectivity index (χ4v) is 1.13. The van der Waals surface area contributed by atoms with Crippen LogP contribution < -0.4 is 16.6 Å². The summed E-state index contributed by atoms with van der Waals surface area (Å²) in [7, 11) is 0. The molecule has 1 aromatic rings. The number of nitrogen functional groups attached to an aromatic ring is 1. The summed E-state index contributed by atoms with van der Waals surface area (Å²) in [4.78, 5) is 11.5. The smallest absolute Gasteiger partial charge is 0.412 e. The number of ether oxygens (including phenoxy) is 1. The van der Waals surface area contributed by atoms with Crippen LogP contribution in [0.1, 0.15) is 20.8 Å². The Labute approximate surface area is 94.9 Å². The highest BCUT2D eigenvalue weighted by atomic mass is 16.6. The highest BCUT2D eigenvalue weighted by molar-refractivity contribution is 5.89. The first kappa shape index (κ1) is 12.3. The molecule has 1 amide bonds. The second-order valence-electron chi connectivity index (χ2n) is 4.32. The van der Waals surface area contributed by atoms with Crippen LogP contribution in [0, 0.1) is 0 Å². The van der Waals surface area contributed by atoms with E-state index in [1.807, 2.05) is 6.07 Å². The maximum atomic E-state index is 11.5. The number of hydrogen-bond acceptors (Lipinski definition) is 4. The van der Waals surface area contributed by atoms with Crippen LogP contribution in [0.2, 0.25) is 0 Å². The Bertz CT molecular complexity index is 372. The molecule has 5 nitrogen and oxygen atoms in total. The van der Waals surface area contributed by atoms with Crippen LogP contribution >= 0.6 is 0 Å². The van der Waals surface area contributed by atoms with E-state index in [0.29, 0.717) is 11.4 Å². The average molecular weight is 223 g/mol. The number of nitrogens with two attached hydrogens (primary N) is 1. The first-order valence-electron chi connectivity index (χ1n) is 4.98. The molecule has 16 heavy (non-hydrogen) atoms. The maximum Gasteiger partial charge on any atom is 0.412 e. The predicted molar refractivity (Wildman–Crippen MR) is 64.1 cm³/mol. The van der Waals surface area contributed by atoms with Gasteiger partial charge in [0.25, 0.3) is 0 Å². The van der Waals surface area contributed by atoms with Crippen molar-refractivity contribution in [1.82, 2.24) is 0 Å². The molecule has 5 heteroatoms. The second-order valence-corrected chi connectivity index (χ2v) is 4.32. The Morgan fingerprint density at radius 3 is 2.31 bits per heavy atom. The van der Waals surface area contributed by atoms with E-state index in [2.05, 4.69) is 10.7 Å². The van der Waals surface area contributed by atoms with Crippen molar-refractivity contribution in [1.29, 1.82) is 0 Å². The molecule has 0 saturated heterocycles. The number of nitrogens with one attached hydrogen (secondary N) is 2. The molecule has 0 radical (unpaired) electrons. The zero-order valence-electron chi connectivity index (χ0n) is 9.70. The van der Waals surface area contributed by atoms with Crippen molar-refractivity contribution < 1.29 is 9.53 Å². The molecule has 4 N–H and O–H groups in total. The number of anilines is 2. The average Bonchev–Trinajstić information content (AvgIpc) is 2.15. The Morgan fingerprint density at radius 1 is 1.25 bits per heavy atom. The lowest BCUT2D eigenvalue weighted by molar-refractivity contribution is 0.0636. The van der Waals surface area contributed by atoms with Gasteiger partial charge < -0.3 is 10.2 Å². The summed E-state index contributed by atoms with van der Waals surface area (Å²) in [6.07, 6.45) is -0.504. The van der Waals surface area contributed by atoms with E-state index in [1.54, 1.807) is 39.0 Å². The first-order chi connectivity index (χ1) is 7.42. The number of carbonyl (C=O) groups is 1. The minimum Gasteiger partial charge on any atom is -0.444 e. The third-order valence-corrected chi connectivity index (χ3v) is 1.72. The second kappa shape index (κ2) is 4.85. The zero-order valence-corrected chi connectivity index (χ0v) is 9.70. The number of benzene rings is 1. The molecule has 0 unspecified atom stereocenters. The molecule has 1 aromatic carbocycles. The van der Waals surface area contributed by atoms with Gasteiger partial charge in [0, 0.05) is 0 Å². The lowest BCUT2D eigenvalue weighted by Crippen LogP contribution is -2.27. The Morgan fingerprint density at radius 2 is 1.81 bits per heavy atom. The molecule has 0 atom stereocenters. The van der Waals surface area contributed by atoms with Gasteiger partial charge in [0.2, 0.25) is 0 Å². The number of hydrazine groups is 1. The number of hydrogen-bond donors (Lipinski definition) is 3. The van der Waals surface area contributed by atoms with Crippen molar-refractivity contribution in [3.05, 3.63) is 24.3 Å². The van der Waals surface area contributed by atoms with Crippen LogP contribution in [0.5, 0.6) is 0 Å². The lowest BCUT2D eigenvalue weighted by Gasteiger charge is -2.20. The molecule has 88 valence electrons. The standard InChI is InChI=1S/C11H17N3O2/c1-11(2,3)16-10(15)13-8-6-4-5-7-9(8)14-12/h4-7,14H,12H2,1-3H3,(H,13,15). The molecule has 0 aromatic heterocycles. The molecular formula is C11H17N3O2. The van der Waals surface area contributed by atoms with Crippen molar-refractivity contribution in [3.8, 4) is 0 Å². The van der Waals surface area contributed by atoms with E-state index in [1.165, 1.54) is 0 Å². The van der Waals surface area contributed by atoms with Gasteiger partial charge in [-0.05, 0) is 32.9 Å². The van der Waals surface area contributed by atoms with E-state index in [4.69, 9.17) is 10.6 Å². The number of rotatable bonds is 2. The van der Waals surface area contributed by atoms with Gasteiger partial charge in [-0.1, -0.05) is 12.1 Å². The molecule has 0 saturated carbocycles. The number of amides is 1. The molecule has 0 spiro atoms. The van der Waals surface area contributed by atoms with E-state index < -0.39 is 11.7 Å². The van der Waals surface area contributed by atoms with Crippen molar-refractivity contribution >= 4 is 17.5 Å². The minimum atomic E-state index is -0.519. The predicted octanol–water partition coefficient (Wildman–Crippen LogP) is 2.32. The molecule has 0 aliphatic carbocycles. The lowest BCUT2D eigenvalue weighted by atomic mass is 10.2.